The monoisotopic (exact) mass is 344 g/mol. The second-order valence-electron chi connectivity index (χ2n) is 6.19. The molecule has 0 saturated heterocycles. The Kier molecular flexibility index (Phi) is 4.69. The average Bonchev–Trinajstić information content (AvgIpc) is 3.11. The largest absolute Gasteiger partial charge is 0.451 e. The number of oxazole rings is 1. The van der Waals surface area contributed by atoms with Crippen molar-refractivity contribution in [3.63, 3.8) is 0 Å². The van der Waals surface area contributed by atoms with Crippen LogP contribution in [0.2, 0.25) is 0 Å². The standard InChI is InChI=1S/C17H20N4O4/c1-3-10-4-13(15(22)18-7-10)17(24)21(2)12-5-11(6-12)20-16(23)14-8-25-9-19-14/h4,7-9,11-12H,3,5-6H2,1-2H3,(H,18,22)(H,20,23). The number of pyridine rings is 1. The molecule has 8 nitrogen and oxygen atoms in total. The molecule has 1 saturated carbocycles. The van der Waals surface area contributed by atoms with Gasteiger partial charge in [-0.2, -0.15) is 0 Å². The van der Waals surface area contributed by atoms with Gasteiger partial charge in [0.25, 0.3) is 17.4 Å². The number of H-pyrrole nitrogens is 1. The quantitative estimate of drug-likeness (QED) is 0.840. The van der Waals surface area contributed by atoms with E-state index >= 15 is 0 Å². The molecule has 3 rings (SSSR count). The molecule has 0 radical (unpaired) electrons. The molecule has 0 unspecified atom stereocenters. The molecule has 2 heterocycles. The molecule has 2 aromatic heterocycles. The molecular formula is C17H20N4O4. The van der Waals surface area contributed by atoms with Gasteiger partial charge in [0, 0.05) is 25.3 Å². The Hall–Kier alpha value is -2.90. The van der Waals surface area contributed by atoms with Gasteiger partial charge in [-0.1, -0.05) is 6.92 Å². The maximum Gasteiger partial charge on any atom is 0.273 e. The predicted octanol–water partition coefficient (Wildman–Crippen LogP) is 0.958. The topological polar surface area (TPSA) is 108 Å². The first-order valence-corrected chi connectivity index (χ1v) is 8.17. The van der Waals surface area contributed by atoms with Gasteiger partial charge in [-0.05, 0) is 30.9 Å². The summed E-state index contributed by atoms with van der Waals surface area (Å²) in [6.45, 7) is 1.96. The summed E-state index contributed by atoms with van der Waals surface area (Å²) in [5, 5.41) is 2.84. The van der Waals surface area contributed by atoms with Crippen LogP contribution in [0.25, 0.3) is 0 Å². The van der Waals surface area contributed by atoms with Gasteiger partial charge in [-0.3, -0.25) is 14.4 Å². The molecule has 0 bridgehead atoms. The fourth-order valence-corrected chi connectivity index (χ4v) is 2.85. The number of nitrogens with one attached hydrogen (secondary N) is 2. The maximum absolute atomic E-state index is 12.6. The Labute approximate surface area is 144 Å². The number of aromatic nitrogens is 2. The smallest absolute Gasteiger partial charge is 0.273 e. The number of carbonyl (C=O) groups excluding carboxylic acids is 2. The number of aromatic amines is 1. The molecule has 25 heavy (non-hydrogen) atoms. The lowest BCUT2D eigenvalue weighted by atomic mass is 9.85. The number of carbonyl (C=O) groups is 2. The Morgan fingerprint density at radius 3 is 2.84 bits per heavy atom. The van der Waals surface area contributed by atoms with Crippen LogP contribution in [0.3, 0.4) is 0 Å². The molecule has 0 aliphatic heterocycles. The summed E-state index contributed by atoms with van der Waals surface area (Å²) in [5.74, 6) is -0.596. The highest BCUT2D eigenvalue weighted by atomic mass is 16.3. The van der Waals surface area contributed by atoms with Crippen LogP contribution in [0.15, 0.2) is 34.1 Å². The summed E-state index contributed by atoms with van der Waals surface area (Å²) >= 11 is 0. The molecule has 0 spiro atoms. The first-order valence-electron chi connectivity index (χ1n) is 8.17. The van der Waals surface area contributed by atoms with Gasteiger partial charge in [-0.25, -0.2) is 4.98 Å². The molecule has 8 heteroatoms. The third-order valence-electron chi connectivity index (χ3n) is 4.58. The highest BCUT2D eigenvalue weighted by Crippen LogP contribution is 2.26. The number of hydrogen-bond acceptors (Lipinski definition) is 5. The molecule has 1 aliphatic rings. The van der Waals surface area contributed by atoms with E-state index in [-0.39, 0.29) is 40.7 Å². The van der Waals surface area contributed by atoms with Gasteiger partial charge in [-0.15, -0.1) is 0 Å². The van der Waals surface area contributed by atoms with E-state index in [1.807, 2.05) is 6.92 Å². The van der Waals surface area contributed by atoms with E-state index in [4.69, 9.17) is 4.42 Å². The van der Waals surface area contributed by atoms with Crippen molar-refractivity contribution in [2.75, 3.05) is 7.05 Å². The molecule has 0 aromatic carbocycles. The van der Waals surface area contributed by atoms with Crippen molar-refractivity contribution >= 4 is 11.8 Å². The molecule has 1 aliphatic carbocycles. The fraction of sp³-hybridized carbons (Fsp3) is 0.412. The van der Waals surface area contributed by atoms with Crippen molar-refractivity contribution in [2.24, 2.45) is 0 Å². The highest BCUT2D eigenvalue weighted by Gasteiger charge is 2.36. The molecular weight excluding hydrogens is 324 g/mol. The lowest BCUT2D eigenvalue weighted by Gasteiger charge is -2.41. The van der Waals surface area contributed by atoms with Crippen LogP contribution in [-0.2, 0) is 6.42 Å². The van der Waals surface area contributed by atoms with Crippen molar-refractivity contribution < 1.29 is 14.0 Å². The van der Waals surface area contributed by atoms with Gasteiger partial charge in [0.05, 0.1) is 0 Å². The Morgan fingerprint density at radius 1 is 1.44 bits per heavy atom. The number of nitrogens with zero attached hydrogens (tertiary/aromatic N) is 2. The molecule has 2 amide bonds. The van der Waals surface area contributed by atoms with Crippen LogP contribution in [0.5, 0.6) is 0 Å². The van der Waals surface area contributed by atoms with E-state index < -0.39 is 0 Å². The van der Waals surface area contributed by atoms with Crippen molar-refractivity contribution in [1.82, 2.24) is 20.2 Å². The summed E-state index contributed by atoms with van der Waals surface area (Å²) in [6.07, 6.45) is 6.12. The number of amides is 2. The zero-order valence-electron chi connectivity index (χ0n) is 14.1. The summed E-state index contributed by atoms with van der Waals surface area (Å²) in [5.41, 5.74) is 0.902. The van der Waals surface area contributed by atoms with Gasteiger partial charge in [0.2, 0.25) is 0 Å². The summed E-state index contributed by atoms with van der Waals surface area (Å²) in [6, 6.07) is 1.60. The average molecular weight is 344 g/mol. The van der Waals surface area contributed by atoms with E-state index in [0.717, 1.165) is 12.0 Å². The third kappa shape index (κ3) is 3.47. The van der Waals surface area contributed by atoms with Crippen LogP contribution in [-0.4, -0.2) is 45.8 Å². The van der Waals surface area contributed by atoms with Crippen molar-refractivity contribution in [3.05, 3.63) is 52.1 Å². The minimum atomic E-state index is -0.385. The zero-order valence-corrected chi connectivity index (χ0v) is 14.1. The van der Waals surface area contributed by atoms with E-state index in [0.29, 0.717) is 12.8 Å². The molecule has 1 fully saturated rings. The predicted molar refractivity (Wildman–Crippen MR) is 89.3 cm³/mol. The van der Waals surface area contributed by atoms with E-state index in [2.05, 4.69) is 15.3 Å². The number of rotatable bonds is 5. The van der Waals surface area contributed by atoms with Gasteiger partial charge < -0.3 is 19.6 Å². The highest BCUT2D eigenvalue weighted by molar-refractivity contribution is 5.94. The van der Waals surface area contributed by atoms with Crippen LogP contribution < -0.4 is 10.9 Å². The normalized spacial score (nSPS) is 19.1. The van der Waals surface area contributed by atoms with E-state index in [1.54, 1.807) is 24.2 Å². The minimum absolute atomic E-state index is 0.0141. The van der Waals surface area contributed by atoms with Gasteiger partial charge in [0.15, 0.2) is 12.1 Å². The van der Waals surface area contributed by atoms with Crippen molar-refractivity contribution in [2.45, 2.75) is 38.3 Å². The summed E-state index contributed by atoms with van der Waals surface area (Å²) in [7, 11) is 1.68. The van der Waals surface area contributed by atoms with E-state index in [1.165, 1.54) is 12.7 Å². The molecule has 0 atom stereocenters. The molecule has 2 N–H and O–H groups in total. The Balaban J connectivity index is 1.58. The van der Waals surface area contributed by atoms with Crippen LogP contribution in [0, 0.1) is 0 Å². The van der Waals surface area contributed by atoms with Gasteiger partial charge in [0.1, 0.15) is 11.8 Å². The Morgan fingerprint density at radius 2 is 2.20 bits per heavy atom. The van der Waals surface area contributed by atoms with Gasteiger partial charge >= 0.3 is 0 Å². The fourth-order valence-electron chi connectivity index (χ4n) is 2.85. The van der Waals surface area contributed by atoms with Crippen LogP contribution >= 0.6 is 0 Å². The van der Waals surface area contributed by atoms with Crippen LogP contribution in [0.4, 0.5) is 0 Å². The van der Waals surface area contributed by atoms with E-state index in [9.17, 15) is 14.4 Å². The van der Waals surface area contributed by atoms with Crippen molar-refractivity contribution in [1.29, 1.82) is 0 Å². The SMILES string of the molecule is CCc1c[nH]c(=O)c(C(=O)N(C)C2CC(NC(=O)c3cocn3)C2)c1. The summed E-state index contributed by atoms with van der Waals surface area (Å²) in [4.78, 5) is 44.4. The second-order valence-corrected chi connectivity index (χ2v) is 6.19. The summed E-state index contributed by atoms with van der Waals surface area (Å²) < 4.78 is 4.78. The lowest BCUT2D eigenvalue weighted by molar-refractivity contribution is 0.0582. The van der Waals surface area contributed by atoms with Crippen LogP contribution in [0.1, 0.15) is 46.2 Å². The van der Waals surface area contributed by atoms with Crippen molar-refractivity contribution in [3.8, 4) is 0 Å². The Bertz CT molecular complexity index is 821. The lowest BCUT2D eigenvalue weighted by Crippen LogP contribution is -2.54. The second kappa shape index (κ2) is 6.92. The minimum Gasteiger partial charge on any atom is -0.451 e. The first kappa shape index (κ1) is 16.9. The first-order chi connectivity index (χ1) is 12.0. The maximum atomic E-state index is 12.6. The third-order valence-corrected chi connectivity index (χ3v) is 4.58. The molecule has 132 valence electrons. The zero-order chi connectivity index (χ0) is 18.0. The number of hydrogen-bond donors (Lipinski definition) is 2. The number of aryl methyl sites for hydroxylation is 1. The molecule has 2 aromatic rings.